The molecule has 0 spiro atoms. The number of carbonyl (C=O) groups is 1. The number of carbonyl (C=O) groups excluding carboxylic acids is 1. The van der Waals surface area contributed by atoms with Crippen LogP contribution in [0.15, 0.2) is 35.5 Å². The predicted octanol–water partition coefficient (Wildman–Crippen LogP) is 3.87. The number of nitrogens with one attached hydrogen (secondary N) is 1. The Morgan fingerprint density at radius 3 is 2.52 bits per heavy atom. The van der Waals surface area contributed by atoms with E-state index in [1.807, 2.05) is 19.1 Å². The lowest BCUT2D eigenvalue weighted by molar-refractivity contribution is -0.118. The fourth-order valence-corrected chi connectivity index (χ4v) is 6.90. The number of benzene rings is 1. The van der Waals surface area contributed by atoms with Crippen molar-refractivity contribution >= 4 is 21.6 Å². The number of nitrogens with zero attached hydrogens (tertiary/aromatic N) is 2. The summed E-state index contributed by atoms with van der Waals surface area (Å²) in [5.41, 5.74) is 2.48. The average Bonchev–Trinajstić information content (AvgIpc) is 3.70. The second-order valence-electron chi connectivity index (χ2n) is 9.97. The van der Waals surface area contributed by atoms with Gasteiger partial charge in [0.05, 0.1) is 40.3 Å². The summed E-state index contributed by atoms with van der Waals surface area (Å²) in [6.07, 6.45) is 9.25. The molecule has 1 aromatic heterocycles. The first-order valence-corrected chi connectivity index (χ1v) is 13.5. The molecule has 3 atom stereocenters. The molecule has 0 aliphatic heterocycles. The molecule has 3 aliphatic carbocycles. The zero-order valence-electron chi connectivity index (χ0n) is 18.9. The third kappa shape index (κ3) is 4.96. The first kappa shape index (κ1) is 22.5. The predicted molar refractivity (Wildman–Crippen MR) is 125 cm³/mol. The largest absolute Gasteiger partial charge is 0.393 e. The van der Waals surface area contributed by atoms with Crippen LogP contribution in [0.5, 0.6) is 0 Å². The monoisotopic (exact) mass is 469 g/mol. The summed E-state index contributed by atoms with van der Waals surface area (Å²) in [6.45, 7) is 1.84. The molecule has 8 heteroatoms. The van der Waals surface area contributed by atoms with Crippen LogP contribution >= 0.6 is 0 Å². The lowest BCUT2D eigenvalue weighted by atomic mass is 9.86. The highest BCUT2D eigenvalue weighted by Crippen LogP contribution is 2.47. The van der Waals surface area contributed by atoms with E-state index in [-0.39, 0.29) is 29.1 Å². The zero-order chi connectivity index (χ0) is 23.2. The van der Waals surface area contributed by atoms with E-state index < -0.39 is 15.8 Å². The normalized spacial score (nSPS) is 23.9. The maximum absolute atomic E-state index is 13.4. The van der Waals surface area contributed by atoms with Crippen molar-refractivity contribution in [1.29, 1.82) is 0 Å². The van der Waals surface area contributed by atoms with Crippen molar-refractivity contribution in [2.24, 2.45) is 5.92 Å². The van der Waals surface area contributed by atoms with E-state index in [1.54, 1.807) is 18.5 Å². The van der Waals surface area contributed by atoms with Crippen molar-refractivity contribution in [3.05, 3.63) is 47.4 Å². The lowest BCUT2D eigenvalue weighted by Crippen LogP contribution is -2.24. The first-order valence-electron chi connectivity index (χ1n) is 12.0. The van der Waals surface area contributed by atoms with Crippen LogP contribution in [0.4, 0.5) is 5.82 Å². The molecule has 7 nitrogen and oxygen atoms in total. The molecule has 176 valence electrons. The van der Waals surface area contributed by atoms with E-state index in [2.05, 4.69) is 15.3 Å². The van der Waals surface area contributed by atoms with Crippen LogP contribution in [0.3, 0.4) is 0 Å². The minimum Gasteiger partial charge on any atom is -0.393 e. The lowest BCUT2D eigenvalue weighted by Gasteiger charge is -2.22. The molecule has 5 rings (SSSR count). The second-order valence-corrected chi connectivity index (χ2v) is 12.2. The molecule has 2 aromatic rings. The standard InChI is InChI=1S/C25H31N3O4S/c1-15-13-27-24(14-26-15)28-25(30)22(11-16-2-6-19(29)10-16)18-5-9-23(21(12-18)17-3-4-17)33(31,32)20-7-8-20/h5,9,12-14,16-17,19-20,22,29H,2-4,6-8,10-11H2,1H3,(H,27,28,30)/t16-,19?,22+/m0/s1. The number of rotatable bonds is 8. The number of aryl methyl sites for hydroxylation is 1. The van der Waals surface area contributed by atoms with Crippen molar-refractivity contribution in [1.82, 2.24) is 9.97 Å². The van der Waals surface area contributed by atoms with Gasteiger partial charge < -0.3 is 10.4 Å². The van der Waals surface area contributed by atoms with Gasteiger partial charge in [-0.05, 0) is 87.3 Å². The zero-order valence-corrected chi connectivity index (χ0v) is 19.7. The molecule has 0 saturated heterocycles. The number of amides is 1. The van der Waals surface area contributed by atoms with Crippen LogP contribution in [-0.4, -0.2) is 40.8 Å². The van der Waals surface area contributed by atoms with Gasteiger partial charge in [0.15, 0.2) is 15.7 Å². The summed E-state index contributed by atoms with van der Waals surface area (Å²) in [5, 5.41) is 12.7. The van der Waals surface area contributed by atoms with Crippen molar-refractivity contribution in [3.8, 4) is 0 Å². The summed E-state index contributed by atoms with van der Waals surface area (Å²) < 4.78 is 26.0. The number of hydrogen-bond acceptors (Lipinski definition) is 6. The Morgan fingerprint density at radius 1 is 1.12 bits per heavy atom. The molecule has 1 amide bonds. The smallest absolute Gasteiger partial charge is 0.233 e. The number of sulfone groups is 1. The maximum atomic E-state index is 13.4. The number of hydrogen-bond donors (Lipinski definition) is 2. The van der Waals surface area contributed by atoms with E-state index in [9.17, 15) is 18.3 Å². The van der Waals surface area contributed by atoms with E-state index in [0.29, 0.717) is 23.6 Å². The Labute approximate surface area is 195 Å². The van der Waals surface area contributed by atoms with Gasteiger partial charge in [0.25, 0.3) is 0 Å². The Hall–Kier alpha value is -2.32. The van der Waals surface area contributed by atoms with E-state index in [1.165, 1.54) is 0 Å². The second kappa shape index (κ2) is 8.80. The van der Waals surface area contributed by atoms with Crippen LogP contribution in [0.2, 0.25) is 0 Å². The van der Waals surface area contributed by atoms with Crippen LogP contribution in [0.25, 0.3) is 0 Å². The Bertz CT molecular complexity index is 1140. The van der Waals surface area contributed by atoms with Gasteiger partial charge in [-0.1, -0.05) is 12.1 Å². The van der Waals surface area contributed by atoms with E-state index >= 15 is 0 Å². The van der Waals surface area contributed by atoms with Gasteiger partial charge in [-0.2, -0.15) is 0 Å². The summed E-state index contributed by atoms with van der Waals surface area (Å²) in [4.78, 5) is 22.3. The average molecular weight is 470 g/mol. The molecule has 3 aliphatic rings. The molecule has 1 aromatic carbocycles. The van der Waals surface area contributed by atoms with Gasteiger partial charge in [0, 0.05) is 0 Å². The molecule has 0 bridgehead atoms. The van der Waals surface area contributed by atoms with Crippen molar-refractivity contribution < 1.29 is 18.3 Å². The Balaban J connectivity index is 1.46. The van der Waals surface area contributed by atoms with Crippen molar-refractivity contribution in [2.45, 2.75) is 86.4 Å². The third-order valence-corrected chi connectivity index (χ3v) is 9.49. The van der Waals surface area contributed by atoms with E-state index in [4.69, 9.17) is 0 Å². The minimum atomic E-state index is -3.30. The van der Waals surface area contributed by atoms with Crippen molar-refractivity contribution in [2.75, 3.05) is 5.32 Å². The van der Waals surface area contributed by atoms with Crippen LogP contribution in [0, 0.1) is 12.8 Å². The molecule has 3 fully saturated rings. The molecule has 0 radical (unpaired) electrons. The van der Waals surface area contributed by atoms with Crippen molar-refractivity contribution in [3.63, 3.8) is 0 Å². The van der Waals surface area contributed by atoms with Crippen LogP contribution in [-0.2, 0) is 14.6 Å². The topological polar surface area (TPSA) is 109 Å². The number of aliphatic hydroxyl groups excluding tert-OH is 1. The highest BCUT2D eigenvalue weighted by Gasteiger charge is 2.41. The molecule has 3 saturated carbocycles. The minimum absolute atomic E-state index is 0.172. The summed E-state index contributed by atoms with van der Waals surface area (Å²) >= 11 is 0. The summed E-state index contributed by atoms with van der Waals surface area (Å²) in [5.74, 6) is 0.289. The van der Waals surface area contributed by atoms with E-state index in [0.717, 1.165) is 55.3 Å². The molecule has 1 heterocycles. The number of aromatic nitrogens is 2. The third-order valence-electron chi connectivity index (χ3n) is 7.15. The first-order chi connectivity index (χ1) is 15.8. The molecule has 1 unspecified atom stereocenters. The van der Waals surface area contributed by atoms with Gasteiger partial charge in [0.1, 0.15) is 0 Å². The highest BCUT2D eigenvalue weighted by molar-refractivity contribution is 7.92. The van der Waals surface area contributed by atoms with Gasteiger partial charge in [-0.25, -0.2) is 13.4 Å². The highest BCUT2D eigenvalue weighted by atomic mass is 32.2. The summed E-state index contributed by atoms with van der Waals surface area (Å²) in [7, 11) is -3.30. The number of aliphatic hydroxyl groups is 1. The van der Waals surface area contributed by atoms with Gasteiger partial charge >= 0.3 is 0 Å². The van der Waals surface area contributed by atoms with Gasteiger partial charge in [-0.3, -0.25) is 9.78 Å². The quantitative estimate of drug-likeness (QED) is 0.607. The Morgan fingerprint density at radius 2 is 1.91 bits per heavy atom. The maximum Gasteiger partial charge on any atom is 0.233 e. The fourth-order valence-electron chi connectivity index (χ4n) is 4.98. The summed E-state index contributed by atoms with van der Waals surface area (Å²) in [6, 6.07) is 5.51. The molecular weight excluding hydrogens is 438 g/mol. The number of anilines is 1. The van der Waals surface area contributed by atoms with Crippen LogP contribution < -0.4 is 5.32 Å². The Kier molecular flexibility index (Phi) is 5.99. The molecular formula is C25H31N3O4S. The van der Waals surface area contributed by atoms with Gasteiger partial charge in [-0.15, -0.1) is 0 Å². The molecule has 2 N–H and O–H groups in total. The molecule has 33 heavy (non-hydrogen) atoms. The fraction of sp³-hybridized carbons (Fsp3) is 0.560. The van der Waals surface area contributed by atoms with Crippen LogP contribution in [0.1, 0.15) is 80.0 Å². The van der Waals surface area contributed by atoms with Gasteiger partial charge in [0.2, 0.25) is 5.91 Å². The SMILES string of the molecule is Cc1cnc(NC(=O)[C@H](C[C@H]2CCC(O)C2)c2ccc(S(=O)(=O)C3CC3)c(C3CC3)c2)cn1.